The molecule has 6 heteroatoms. The number of rotatable bonds is 4. The maximum Gasteiger partial charge on any atom is 0.295 e. The second-order valence-corrected chi connectivity index (χ2v) is 7.14. The predicted molar refractivity (Wildman–Crippen MR) is 104 cm³/mol. The van der Waals surface area contributed by atoms with E-state index in [1.807, 2.05) is 43.3 Å². The number of thiophene rings is 1. The van der Waals surface area contributed by atoms with Crippen molar-refractivity contribution in [3.8, 4) is 0 Å². The lowest BCUT2D eigenvalue weighted by Crippen LogP contribution is -2.31. The first-order chi connectivity index (χ1) is 13.1. The number of anilines is 1. The van der Waals surface area contributed by atoms with Crippen LogP contribution in [0.3, 0.4) is 0 Å². The second kappa shape index (κ2) is 6.81. The first kappa shape index (κ1) is 17.2. The summed E-state index contributed by atoms with van der Waals surface area (Å²) in [4.78, 5) is 32.3. The molecule has 0 saturated carbocycles. The van der Waals surface area contributed by atoms with Gasteiger partial charge in [0.2, 0.25) is 5.78 Å². The summed E-state index contributed by atoms with van der Waals surface area (Å²) in [5.74, 6) is -1.10. The van der Waals surface area contributed by atoms with Gasteiger partial charge in [-0.15, -0.1) is 11.3 Å². The Bertz CT molecular complexity index is 1040. The largest absolute Gasteiger partial charge is 0.503 e. The van der Waals surface area contributed by atoms with Crippen LogP contribution in [-0.2, 0) is 4.79 Å². The number of aryl methyl sites for hydroxylation is 1. The molecule has 1 aromatic carbocycles. The van der Waals surface area contributed by atoms with Crippen molar-refractivity contribution < 1.29 is 14.7 Å². The molecule has 0 radical (unpaired) electrons. The first-order valence-electron chi connectivity index (χ1n) is 8.41. The van der Waals surface area contributed by atoms with Gasteiger partial charge in [-0.1, -0.05) is 42.5 Å². The van der Waals surface area contributed by atoms with E-state index in [1.165, 1.54) is 16.2 Å². The van der Waals surface area contributed by atoms with Crippen molar-refractivity contribution in [3.63, 3.8) is 0 Å². The minimum Gasteiger partial charge on any atom is -0.503 e. The lowest BCUT2D eigenvalue weighted by Gasteiger charge is -2.26. The fourth-order valence-electron chi connectivity index (χ4n) is 3.23. The van der Waals surface area contributed by atoms with Crippen LogP contribution < -0.4 is 4.90 Å². The van der Waals surface area contributed by atoms with Gasteiger partial charge in [0.25, 0.3) is 5.91 Å². The number of aliphatic hydroxyl groups is 1. The van der Waals surface area contributed by atoms with Crippen molar-refractivity contribution in [1.29, 1.82) is 0 Å². The van der Waals surface area contributed by atoms with Gasteiger partial charge >= 0.3 is 0 Å². The molecule has 2 aromatic heterocycles. The SMILES string of the molecule is Cc1cccc(N2C(=O)C(O)=C(C(=O)c3cccs3)[C@H]2c2ccccc2)n1. The number of carbonyl (C=O) groups excluding carboxylic acids is 2. The van der Waals surface area contributed by atoms with E-state index in [4.69, 9.17) is 0 Å². The molecule has 0 aliphatic carbocycles. The first-order valence-corrected chi connectivity index (χ1v) is 9.29. The number of pyridine rings is 1. The molecule has 3 aromatic rings. The van der Waals surface area contributed by atoms with Gasteiger partial charge in [-0.2, -0.15) is 0 Å². The van der Waals surface area contributed by atoms with Crippen molar-refractivity contribution in [3.05, 3.63) is 93.5 Å². The number of hydrogen-bond donors (Lipinski definition) is 1. The van der Waals surface area contributed by atoms with Crippen LogP contribution in [0.1, 0.15) is 27.0 Å². The number of benzene rings is 1. The Balaban J connectivity index is 1.89. The Morgan fingerprint density at radius 3 is 2.52 bits per heavy atom. The molecule has 0 bridgehead atoms. The fraction of sp³-hybridized carbons (Fsp3) is 0.0952. The molecule has 134 valence electrons. The van der Waals surface area contributed by atoms with E-state index in [0.29, 0.717) is 10.7 Å². The quantitative estimate of drug-likeness (QED) is 0.692. The molecule has 0 saturated heterocycles. The van der Waals surface area contributed by atoms with Crippen molar-refractivity contribution in [2.75, 3.05) is 4.90 Å². The van der Waals surface area contributed by atoms with E-state index >= 15 is 0 Å². The smallest absolute Gasteiger partial charge is 0.295 e. The Hall–Kier alpha value is -3.25. The van der Waals surface area contributed by atoms with E-state index in [2.05, 4.69) is 4.98 Å². The standard InChI is InChI=1S/C21H16N2O3S/c1-13-7-5-11-16(22-13)23-18(14-8-3-2-4-9-14)17(20(25)21(23)26)19(24)15-10-6-12-27-15/h2-12,18,25H,1H3/t18-/m1/s1. The zero-order valence-electron chi connectivity index (χ0n) is 14.5. The molecule has 1 N–H and O–H groups in total. The summed E-state index contributed by atoms with van der Waals surface area (Å²) >= 11 is 1.28. The number of Topliss-reactive ketones (excluding diaryl/α,β-unsaturated/α-hetero) is 1. The maximum absolute atomic E-state index is 13.1. The highest BCUT2D eigenvalue weighted by molar-refractivity contribution is 7.12. The van der Waals surface area contributed by atoms with Gasteiger partial charge in [0, 0.05) is 5.69 Å². The van der Waals surface area contributed by atoms with Gasteiger partial charge in [0.1, 0.15) is 5.82 Å². The Morgan fingerprint density at radius 2 is 1.85 bits per heavy atom. The summed E-state index contributed by atoms with van der Waals surface area (Å²) in [5, 5.41) is 12.4. The Morgan fingerprint density at radius 1 is 1.07 bits per heavy atom. The molecule has 0 fully saturated rings. The highest BCUT2D eigenvalue weighted by atomic mass is 32.1. The molecular weight excluding hydrogens is 360 g/mol. The zero-order valence-corrected chi connectivity index (χ0v) is 15.3. The van der Waals surface area contributed by atoms with Gasteiger partial charge in [-0.25, -0.2) is 4.98 Å². The van der Waals surface area contributed by atoms with E-state index in [9.17, 15) is 14.7 Å². The number of aliphatic hydroxyl groups excluding tert-OH is 1. The number of aromatic nitrogens is 1. The van der Waals surface area contributed by atoms with Crippen LogP contribution in [0, 0.1) is 6.92 Å². The third-order valence-corrected chi connectivity index (χ3v) is 5.30. The van der Waals surface area contributed by atoms with Crippen LogP contribution in [0.4, 0.5) is 5.82 Å². The topological polar surface area (TPSA) is 70.5 Å². The van der Waals surface area contributed by atoms with Gasteiger partial charge in [-0.05, 0) is 36.1 Å². The molecule has 4 rings (SSSR count). The molecule has 1 aliphatic rings. The van der Waals surface area contributed by atoms with Crippen molar-refractivity contribution >= 4 is 28.8 Å². The van der Waals surface area contributed by atoms with Crippen LogP contribution in [0.15, 0.2) is 77.4 Å². The molecule has 5 nitrogen and oxygen atoms in total. The van der Waals surface area contributed by atoms with Crippen LogP contribution >= 0.6 is 11.3 Å². The van der Waals surface area contributed by atoms with Crippen molar-refractivity contribution in [2.45, 2.75) is 13.0 Å². The molecule has 3 heterocycles. The fourth-order valence-corrected chi connectivity index (χ4v) is 3.91. The van der Waals surface area contributed by atoms with Gasteiger partial charge < -0.3 is 5.11 Å². The van der Waals surface area contributed by atoms with E-state index in [1.54, 1.807) is 29.6 Å². The number of carbonyl (C=O) groups is 2. The number of hydrogen-bond acceptors (Lipinski definition) is 5. The van der Waals surface area contributed by atoms with Crippen molar-refractivity contribution in [1.82, 2.24) is 4.98 Å². The van der Waals surface area contributed by atoms with E-state index in [0.717, 1.165) is 11.3 Å². The summed E-state index contributed by atoms with van der Waals surface area (Å²) < 4.78 is 0. The number of nitrogens with zero attached hydrogens (tertiary/aromatic N) is 2. The van der Waals surface area contributed by atoms with Crippen molar-refractivity contribution in [2.24, 2.45) is 0 Å². The number of ketones is 1. The highest BCUT2D eigenvalue weighted by Crippen LogP contribution is 2.41. The lowest BCUT2D eigenvalue weighted by molar-refractivity contribution is -0.117. The summed E-state index contributed by atoms with van der Waals surface area (Å²) in [5.41, 5.74) is 1.56. The van der Waals surface area contributed by atoms with Crippen LogP contribution in [0.5, 0.6) is 0 Å². The maximum atomic E-state index is 13.1. The van der Waals surface area contributed by atoms with Gasteiger partial charge in [-0.3, -0.25) is 14.5 Å². The Kier molecular flexibility index (Phi) is 4.33. The second-order valence-electron chi connectivity index (χ2n) is 6.19. The van der Waals surface area contributed by atoms with Gasteiger partial charge in [0.05, 0.1) is 16.5 Å². The molecule has 1 aliphatic heterocycles. The zero-order chi connectivity index (χ0) is 19.0. The third-order valence-electron chi connectivity index (χ3n) is 4.43. The highest BCUT2D eigenvalue weighted by Gasteiger charge is 2.45. The Labute approximate surface area is 160 Å². The molecular formula is C21H16N2O3S. The van der Waals surface area contributed by atoms with E-state index < -0.39 is 17.7 Å². The summed E-state index contributed by atoms with van der Waals surface area (Å²) in [7, 11) is 0. The average molecular weight is 376 g/mol. The average Bonchev–Trinajstić information content (AvgIpc) is 3.30. The van der Waals surface area contributed by atoms with Crippen LogP contribution in [0.25, 0.3) is 0 Å². The normalized spacial score (nSPS) is 16.9. The molecule has 0 unspecified atom stereocenters. The minimum absolute atomic E-state index is 0.0805. The lowest BCUT2D eigenvalue weighted by atomic mass is 9.95. The van der Waals surface area contributed by atoms with E-state index in [-0.39, 0.29) is 11.4 Å². The summed E-state index contributed by atoms with van der Waals surface area (Å²) in [6, 6.07) is 17.2. The third kappa shape index (κ3) is 2.94. The predicted octanol–water partition coefficient (Wildman–Crippen LogP) is 4.23. The monoisotopic (exact) mass is 376 g/mol. The van der Waals surface area contributed by atoms with Crippen LogP contribution in [0.2, 0.25) is 0 Å². The summed E-state index contributed by atoms with van der Waals surface area (Å²) in [6.45, 7) is 1.83. The number of amides is 1. The minimum atomic E-state index is -0.734. The van der Waals surface area contributed by atoms with Gasteiger partial charge in [0.15, 0.2) is 5.76 Å². The molecule has 1 atom stereocenters. The molecule has 0 spiro atoms. The van der Waals surface area contributed by atoms with Crippen LogP contribution in [-0.4, -0.2) is 21.8 Å². The molecule has 1 amide bonds. The molecule has 27 heavy (non-hydrogen) atoms. The summed E-state index contributed by atoms with van der Waals surface area (Å²) in [6.07, 6.45) is 0.